The van der Waals surface area contributed by atoms with Crippen LogP contribution in [0.5, 0.6) is 5.75 Å². The van der Waals surface area contributed by atoms with Crippen LogP contribution >= 0.6 is 23.5 Å². The molecule has 7 N–H and O–H groups in total. The second kappa shape index (κ2) is 44.6. The number of nitrogens with zero attached hydrogens (tertiary/aromatic N) is 9. The Morgan fingerprint density at radius 3 is 1.20 bits per heavy atom. The number of aromatic nitrogens is 6. The molecule has 38 nitrogen and oxygen atoms in total. The van der Waals surface area contributed by atoms with E-state index in [4.69, 9.17) is 84.1 Å². The molecule has 13 rings (SSSR count). The van der Waals surface area contributed by atoms with Crippen molar-refractivity contribution in [3.63, 3.8) is 0 Å². The van der Waals surface area contributed by atoms with Crippen molar-refractivity contribution in [2.24, 2.45) is 4.99 Å². The quantitative estimate of drug-likeness (QED) is 0.00639. The molecule has 0 saturated carbocycles. The monoisotopic (exact) mass is 2080 g/mol. The third-order valence-electron chi connectivity index (χ3n) is 25.5. The zero-order valence-corrected chi connectivity index (χ0v) is 87.7. The zero-order valence-electron chi connectivity index (χ0n) is 81.0. The first-order chi connectivity index (χ1) is 63.9. The molecule has 6 aliphatic heterocycles. The van der Waals surface area contributed by atoms with Gasteiger partial charge in [0.2, 0.25) is 0 Å². The Kier molecular flexibility index (Phi) is 36.3. The smallest absolute Gasteiger partial charge is 0.408 e. The number of nitrogen functional groups attached to an aromatic ring is 2. The fourth-order valence-corrected chi connectivity index (χ4v) is 23.1. The first-order valence-electron chi connectivity index (χ1n) is 44.4. The van der Waals surface area contributed by atoms with Crippen molar-refractivity contribution >= 4 is 86.2 Å². The number of rotatable bonds is 26. The average molecular weight is 2080 g/mol. The number of phosphoric acid groups is 3. The van der Waals surface area contributed by atoms with Gasteiger partial charge in [-0.05, 0) is 121 Å². The number of hydrogen-bond acceptors (Lipinski definition) is 33. The first kappa shape index (κ1) is 112. The second-order valence-corrected chi connectivity index (χ2v) is 63.7. The molecule has 6 saturated heterocycles. The van der Waals surface area contributed by atoms with E-state index in [0.717, 1.165) is 34.9 Å². The lowest BCUT2D eigenvalue weighted by Crippen LogP contribution is -2.54. The molecule has 9 heterocycles. The number of nitro groups is 1. The maximum Gasteiger partial charge on any atom is 0.530 e. The van der Waals surface area contributed by atoms with E-state index in [1.54, 1.807) is 23.5 Å². The van der Waals surface area contributed by atoms with E-state index in [-0.39, 0.29) is 112 Å². The minimum atomic E-state index is -4.27. The number of aliphatic hydroxyl groups excluding tert-OH is 3. The number of non-ortho nitro benzene ring substituents is 1. The van der Waals surface area contributed by atoms with E-state index < -0.39 is 212 Å². The molecule has 18 atom stereocenters. The molecule has 0 radical (unpaired) electrons. The highest BCUT2D eigenvalue weighted by Gasteiger charge is 2.58. The van der Waals surface area contributed by atoms with Gasteiger partial charge >= 0.3 is 40.5 Å². The average Bonchev–Trinajstić information content (AvgIpc) is 1.61. The van der Waals surface area contributed by atoms with Gasteiger partial charge in [-0.15, -0.1) is 0 Å². The Labute approximate surface area is 800 Å². The first-order valence-corrected chi connectivity index (χ1v) is 60.4. The zero-order chi connectivity index (χ0) is 103. The van der Waals surface area contributed by atoms with E-state index in [0.29, 0.717) is 5.82 Å². The Bertz CT molecular complexity index is 5780. The largest absolute Gasteiger partial charge is 0.530 e. The number of anilines is 2. The third kappa shape index (κ3) is 27.4. The lowest BCUT2D eigenvalue weighted by atomic mass is 10.1. The van der Waals surface area contributed by atoms with Gasteiger partial charge in [0.25, 0.3) is 5.69 Å². The van der Waals surface area contributed by atoms with E-state index in [2.05, 4.69) is 155 Å². The summed E-state index contributed by atoms with van der Waals surface area (Å²) in [5.41, 5.74) is 8.81. The SMILES string of the molecule is CC(C)(C)[Si](C)(C)O[C@H]1[C@H](O[Si](C)(C)C(C)(C)C)[C@@H](CO[P@]2(=O)OCC[C@H](c3cccc(F)c3F)O2)O[C@H]1n1ccc(N)nc1=O.CN(C)C=Nc1ccn([C@@H]2O[C@H](CO)[C@@H](O[Si](C)(C)C(C)(C)C)[C@@H]2O[Si](C)(C)C(C)(C)C)c(=O)n1.Nc1ccn([C@@H]2O[C@H](CO[P@]3(=O)OCC[C@H](c4cccc(F)c4F)O3)[C@@H](O)[C@@H]2O)c(=O)n1.O=[N+]([O-])c1ccc(O[P@@]2(=O)OCC[C@H](c3cccc(F)c3F)O2)cc1. The van der Waals surface area contributed by atoms with Crippen molar-refractivity contribution in [3.8, 4) is 5.75 Å². The number of phosphoric ester groups is 3. The lowest BCUT2D eigenvalue weighted by Gasteiger charge is -2.44. The molecule has 0 aliphatic carbocycles. The van der Waals surface area contributed by atoms with Crippen molar-refractivity contribution in [1.82, 2.24) is 33.6 Å². The summed E-state index contributed by atoms with van der Waals surface area (Å²) in [6.45, 7) is 41.3. The molecule has 7 aromatic rings. The van der Waals surface area contributed by atoms with Crippen LogP contribution in [-0.4, -0.2) is 202 Å². The summed E-state index contributed by atoms with van der Waals surface area (Å²) in [4.78, 5) is 65.7. The van der Waals surface area contributed by atoms with Gasteiger partial charge in [-0.3, -0.25) is 60.0 Å². The molecule has 3 aromatic heterocycles. The van der Waals surface area contributed by atoms with E-state index in [1.165, 1.54) is 82.2 Å². The summed E-state index contributed by atoms with van der Waals surface area (Å²) in [6.07, 6.45) is -8.28. The van der Waals surface area contributed by atoms with Gasteiger partial charge in [0.1, 0.15) is 78.4 Å². The van der Waals surface area contributed by atoms with Gasteiger partial charge in [0.15, 0.2) is 92.7 Å². The summed E-state index contributed by atoms with van der Waals surface area (Å²) >= 11 is 0. The van der Waals surface area contributed by atoms with Crippen molar-refractivity contribution in [1.29, 1.82) is 0 Å². The summed E-state index contributed by atoms with van der Waals surface area (Å²) in [5, 5.41) is 40.9. The van der Waals surface area contributed by atoms with Gasteiger partial charge in [0.05, 0.1) is 63.1 Å². The standard InChI is InChI=1S/C30H48F2N3O8PSi2.C24H46N4O5Si2.C18H20F2N3O8P.C15H12F2NO6P/c1-29(2,3)45(7,8)42-25-22(18-39-44(37)38-17-15-21(41-44)19-12-11-13-20(31)24(19)32)40-27(35-16-14-23(33)34-28(35)36)26(25)43-46(9,10)30(4,5)6;1-23(2,3)34(9,10)32-19-17(15-29)31-21(20(19)33-35(11,12)24(4,5)6)28-14-13-18(26-22(28)30)25-16-27(7)8;19-10-3-1-2-9(14(10)20)11-5-7-28-32(27,31-11)29-8-12-15(24)16(25)17(30-12)23-6-4-13(21)22-18(23)26;16-13-3-1-2-12(15(13)17)14-8-9-22-25(21,24-14)23-11-6-4-10(5-7-11)18(19)20/h11-14,16,21-22,25-27H,15,17-18H2,1-10H3,(H2,33,34,36);13-14,16-17,19-21,29H,15H2,1-12H3;1-4,6,11-12,15-17,24-25H,5,7-8H2,(H2,21,22,26);1-7,14H,8-9H2/t21-,22-,25-,26+,27-,44+;17-,19-,20+,21-;11-,12-,15-,16+,17-,32+;14-,25-/m1111/s1. The van der Waals surface area contributed by atoms with Gasteiger partial charge in [-0.25, -0.2) is 59.4 Å². The molecule has 6 fully saturated rings. The highest BCUT2D eigenvalue weighted by atomic mass is 31.2. The number of halogens is 6. The highest BCUT2D eigenvalue weighted by Crippen LogP contribution is 2.61. The number of nitro benzene ring substituents is 1. The van der Waals surface area contributed by atoms with Crippen LogP contribution < -0.4 is 33.1 Å². The fraction of sp³-hybridized carbons (Fsp3) is 0.575. The number of benzene rings is 4. The number of hydrogen-bond donors (Lipinski definition) is 5. The summed E-state index contributed by atoms with van der Waals surface area (Å²) in [5.74, 6) is -6.11. The van der Waals surface area contributed by atoms with Crippen molar-refractivity contribution in [2.75, 3.05) is 65.2 Å². The van der Waals surface area contributed by atoms with Crippen LogP contribution in [0.1, 0.15) is 156 Å². The topological polar surface area (TPSA) is 475 Å². The molecular weight excluding hydrogens is 1950 g/mol. The summed E-state index contributed by atoms with van der Waals surface area (Å²) < 4.78 is 220. The minimum Gasteiger partial charge on any atom is -0.408 e. The molecule has 4 aromatic carbocycles. The van der Waals surface area contributed by atoms with Crippen LogP contribution in [0.4, 0.5) is 49.5 Å². The molecule has 6 aliphatic rings. The van der Waals surface area contributed by atoms with E-state index in [1.807, 2.05) is 14.1 Å². The van der Waals surface area contributed by atoms with E-state index in [9.17, 15) is 79.9 Å². The van der Waals surface area contributed by atoms with Gasteiger partial charge in [0, 0.05) is 80.8 Å². The number of aliphatic imine (C=N–C) groups is 1. The number of nitrogens with two attached hydrogens (primary N) is 2. The van der Waals surface area contributed by atoms with Crippen molar-refractivity contribution < 1.29 is 133 Å². The minimum absolute atomic E-state index is 0.0225. The Balaban J connectivity index is 0.000000194. The van der Waals surface area contributed by atoms with Crippen LogP contribution in [0.2, 0.25) is 72.5 Å². The molecule has 0 unspecified atom stereocenters. The lowest BCUT2D eigenvalue weighted by molar-refractivity contribution is -0.384. The highest BCUT2D eigenvalue weighted by molar-refractivity contribution is 7.49. The summed E-state index contributed by atoms with van der Waals surface area (Å²) in [6, 6.07) is 20.1. The molecule has 138 heavy (non-hydrogen) atoms. The maximum atomic E-state index is 14.6. The van der Waals surface area contributed by atoms with Crippen LogP contribution in [0.15, 0.2) is 135 Å². The number of ether oxygens (including phenoxy) is 3. The number of aliphatic hydroxyl groups is 3. The van der Waals surface area contributed by atoms with Gasteiger partial charge < -0.3 is 68.1 Å². The van der Waals surface area contributed by atoms with Crippen molar-refractivity contribution in [2.45, 2.75) is 267 Å². The van der Waals surface area contributed by atoms with Crippen LogP contribution in [-0.2, 0) is 81.8 Å². The van der Waals surface area contributed by atoms with Gasteiger partial charge in [-0.1, -0.05) is 119 Å². The van der Waals surface area contributed by atoms with E-state index >= 15 is 0 Å². The molecule has 764 valence electrons. The normalized spacial score (nSPS) is 27.3. The van der Waals surface area contributed by atoms with Crippen LogP contribution in [0, 0.1) is 45.0 Å². The fourth-order valence-electron chi connectivity index (χ4n) is 13.7. The Morgan fingerprint density at radius 1 is 0.493 bits per heavy atom. The third-order valence-corrected chi connectivity index (χ3v) is 47.8. The molecule has 0 amide bonds. The van der Waals surface area contributed by atoms with Crippen molar-refractivity contribution in [3.05, 3.63) is 209 Å². The molecule has 51 heteroatoms. The molecule has 0 spiro atoms. The van der Waals surface area contributed by atoms with Crippen LogP contribution in [0.3, 0.4) is 0 Å². The van der Waals surface area contributed by atoms with Crippen LogP contribution in [0.25, 0.3) is 0 Å². The second-order valence-electron chi connectivity index (χ2n) is 39.9. The van der Waals surface area contributed by atoms with Gasteiger partial charge in [-0.2, -0.15) is 15.0 Å². The summed E-state index contributed by atoms with van der Waals surface area (Å²) in [7, 11) is -18.5. The Hall–Kier alpha value is -7.79. The predicted molar refractivity (Wildman–Crippen MR) is 506 cm³/mol. The Morgan fingerprint density at radius 2 is 0.833 bits per heavy atom. The predicted octanol–water partition coefficient (Wildman–Crippen LogP) is 16.8. The molecular formula is C87H126F6N11O27P3Si4. The molecule has 0 bridgehead atoms. The maximum absolute atomic E-state index is 14.6.